The molecule has 0 saturated heterocycles. The molecular weight excluding hydrogens is 342 g/mol. The van der Waals surface area contributed by atoms with Crippen molar-refractivity contribution >= 4 is 5.91 Å². The molecule has 0 radical (unpaired) electrons. The highest BCUT2D eigenvalue weighted by molar-refractivity contribution is 5.76. The maximum absolute atomic E-state index is 12.0. The number of carbonyl (C=O) groups excluding carboxylic acids is 1. The summed E-state index contributed by atoms with van der Waals surface area (Å²) in [6.07, 6.45) is 2.97. The molecule has 5 heteroatoms. The number of hydrogen-bond donors (Lipinski definition) is 1. The minimum atomic E-state index is 0.0653. The molecule has 1 N–H and O–H groups in total. The van der Waals surface area contributed by atoms with Crippen molar-refractivity contribution in [2.24, 2.45) is 0 Å². The molecule has 5 nitrogen and oxygen atoms in total. The van der Waals surface area contributed by atoms with Gasteiger partial charge in [0.15, 0.2) is 0 Å². The lowest BCUT2D eigenvalue weighted by molar-refractivity contribution is -0.121. The molecule has 0 fully saturated rings. The van der Waals surface area contributed by atoms with E-state index < -0.39 is 0 Å². The number of hydrogen-bond acceptors (Lipinski definition) is 4. The van der Waals surface area contributed by atoms with E-state index in [1.807, 2.05) is 43.3 Å². The van der Waals surface area contributed by atoms with Crippen molar-refractivity contribution in [3.63, 3.8) is 0 Å². The average molecular weight is 371 g/mol. The Morgan fingerprint density at radius 2 is 1.48 bits per heavy atom. The molecule has 2 aromatic carbocycles. The van der Waals surface area contributed by atoms with Gasteiger partial charge in [-0.25, -0.2) is 0 Å². The van der Waals surface area contributed by atoms with Gasteiger partial charge in [-0.15, -0.1) is 0 Å². The van der Waals surface area contributed by atoms with Gasteiger partial charge in [0.1, 0.15) is 17.2 Å². The molecule has 2 aromatic rings. The first-order chi connectivity index (χ1) is 13.1. The predicted molar refractivity (Wildman–Crippen MR) is 107 cm³/mol. The lowest BCUT2D eigenvalue weighted by Crippen LogP contribution is -2.32. The molecule has 0 aliphatic rings. The highest BCUT2D eigenvalue weighted by Gasteiger charge is 2.08. The Kier molecular flexibility index (Phi) is 8.49. The monoisotopic (exact) mass is 371 g/mol. The normalized spacial score (nSPS) is 11.5. The van der Waals surface area contributed by atoms with Gasteiger partial charge in [-0.2, -0.15) is 0 Å². The average Bonchev–Trinajstić information content (AvgIpc) is 2.70. The van der Waals surface area contributed by atoms with E-state index >= 15 is 0 Å². The summed E-state index contributed by atoms with van der Waals surface area (Å²) in [4.78, 5) is 12.0. The first-order valence-corrected chi connectivity index (χ1v) is 9.30. The molecule has 0 bridgehead atoms. The number of aryl methyl sites for hydroxylation is 1. The van der Waals surface area contributed by atoms with E-state index in [9.17, 15) is 4.79 Å². The van der Waals surface area contributed by atoms with Gasteiger partial charge in [-0.1, -0.05) is 12.1 Å². The summed E-state index contributed by atoms with van der Waals surface area (Å²) < 4.78 is 15.9. The van der Waals surface area contributed by atoms with Crippen LogP contribution in [0.4, 0.5) is 0 Å². The zero-order valence-corrected chi connectivity index (χ0v) is 16.4. The van der Waals surface area contributed by atoms with E-state index in [0.717, 1.165) is 30.1 Å². The Morgan fingerprint density at radius 3 is 2.07 bits per heavy atom. The summed E-state index contributed by atoms with van der Waals surface area (Å²) in [5, 5.41) is 3.05. The zero-order chi connectivity index (χ0) is 19.5. The first-order valence-electron chi connectivity index (χ1n) is 9.30. The van der Waals surface area contributed by atoms with Crippen LogP contribution in [-0.2, 0) is 11.2 Å². The molecule has 0 saturated carbocycles. The van der Waals surface area contributed by atoms with E-state index in [0.29, 0.717) is 19.4 Å². The van der Waals surface area contributed by atoms with Gasteiger partial charge in [0.2, 0.25) is 5.91 Å². The van der Waals surface area contributed by atoms with Crippen LogP contribution < -0.4 is 19.5 Å². The van der Waals surface area contributed by atoms with E-state index in [1.165, 1.54) is 5.56 Å². The largest absolute Gasteiger partial charge is 0.497 e. The molecule has 0 aromatic heterocycles. The summed E-state index contributed by atoms with van der Waals surface area (Å²) in [6, 6.07) is 15.6. The van der Waals surface area contributed by atoms with Crippen molar-refractivity contribution < 1.29 is 19.0 Å². The fourth-order valence-corrected chi connectivity index (χ4v) is 2.69. The number of ether oxygens (including phenoxy) is 3. The van der Waals surface area contributed by atoms with Gasteiger partial charge in [0, 0.05) is 12.5 Å². The van der Waals surface area contributed by atoms with Gasteiger partial charge in [-0.05, 0) is 68.1 Å². The fraction of sp³-hybridized carbons (Fsp3) is 0.409. The first kappa shape index (κ1) is 20.6. The summed E-state index contributed by atoms with van der Waals surface area (Å²) in [5.74, 6) is 2.50. The lowest BCUT2D eigenvalue weighted by Gasteiger charge is -2.14. The number of methoxy groups -OCH3 is 2. The Bertz CT molecular complexity index is 682. The van der Waals surface area contributed by atoms with E-state index in [1.54, 1.807) is 14.2 Å². The summed E-state index contributed by atoms with van der Waals surface area (Å²) in [7, 11) is 3.29. The third kappa shape index (κ3) is 7.60. The molecule has 146 valence electrons. The molecule has 0 aliphatic carbocycles. The quantitative estimate of drug-likeness (QED) is 0.607. The molecule has 0 heterocycles. The molecule has 0 aliphatic heterocycles. The van der Waals surface area contributed by atoms with Crippen LogP contribution in [0.3, 0.4) is 0 Å². The van der Waals surface area contributed by atoms with Crippen molar-refractivity contribution in [1.29, 1.82) is 0 Å². The van der Waals surface area contributed by atoms with E-state index in [2.05, 4.69) is 17.4 Å². The molecule has 1 amide bonds. The number of rotatable bonds is 11. The van der Waals surface area contributed by atoms with Crippen molar-refractivity contribution in [2.45, 2.75) is 38.6 Å². The van der Waals surface area contributed by atoms with Crippen molar-refractivity contribution in [3.05, 3.63) is 54.1 Å². The number of amides is 1. The molecule has 1 unspecified atom stereocenters. The van der Waals surface area contributed by atoms with Crippen LogP contribution in [0.2, 0.25) is 0 Å². The molecule has 27 heavy (non-hydrogen) atoms. The van der Waals surface area contributed by atoms with E-state index in [4.69, 9.17) is 14.2 Å². The van der Waals surface area contributed by atoms with Crippen LogP contribution in [0.15, 0.2) is 48.5 Å². The van der Waals surface area contributed by atoms with Crippen LogP contribution in [0.5, 0.6) is 17.2 Å². The van der Waals surface area contributed by atoms with Crippen LogP contribution >= 0.6 is 0 Å². The predicted octanol–water partition coefficient (Wildman–Crippen LogP) is 4.00. The smallest absolute Gasteiger partial charge is 0.220 e. The third-order valence-corrected chi connectivity index (χ3v) is 4.31. The highest BCUT2D eigenvalue weighted by Crippen LogP contribution is 2.17. The maximum Gasteiger partial charge on any atom is 0.220 e. The topological polar surface area (TPSA) is 56.8 Å². The highest BCUT2D eigenvalue weighted by atomic mass is 16.5. The van der Waals surface area contributed by atoms with Gasteiger partial charge >= 0.3 is 0 Å². The number of nitrogens with one attached hydrogen (secondary N) is 1. The Balaban J connectivity index is 1.59. The molecule has 1 atom stereocenters. The van der Waals surface area contributed by atoms with Crippen molar-refractivity contribution in [3.8, 4) is 17.2 Å². The summed E-state index contributed by atoms with van der Waals surface area (Å²) in [6.45, 7) is 2.55. The van der Waals surface area contributed by atoms with Gasteiger partial charge < -0.3 is 19.5 Å². The van der Waals surface area contributed by atoms with Gasteiger partial charge in [0.25, 0.3) is 0 Å². The second-order valence-electron chi connectivity index (χ2n) is 6.48. The van der Waals surface area contributed by atoms with Crippen molar-refractivity contribution in [2.75, 3.05) is 20.8 Å². The minimum absolute atomic E-state index is 0.0653. The minimum Gasteiger partial charge on any atom is -0.497 e. The molecular formula is C22H29NO4. The Morgan fingerprint density at radius 1 is 0.926 bits per heavy atom. The lowest BCUT2D eigenvalue weighted by atomic mass is 10.1. The van der Waals surface area contributed by atoms with Crippen LogP contribution in [-0.4, -0.2) is 32.8 Å². The van der Waals surface area contributed by atoms with E-state index in [-0.39, 0.29) is 11.9 Å². The van der Waals surface area contributed by atoms with Crippen LogP contribution in [0.25, 0.3) is 0 Å². The zero-order valence-electron chi connectivity index (χ0n) is 16.4. The summed E-state index contributed by atoms with van der Waals surface area (Å²) in [5.41, 5.74) is 1.24. The molecule has 2 rings (SSSR count). The maximum atomic E-state index is 12.0. The van der Waals surface area contributed by atoms with Crippen LogP contribution in [0.1, 0.15) is 31.7 Å². The van der Waals surface area contributed by atoms with Gasteiger partial charge in [0.05, 0.1) is 20.8 Å². The summed E-state index contributed by atoms with van der Waals surface area (Å²) >= 11 is 0. The number of benzene rings is 2. The fourth-order valence-electron chi connectivity index (χ4n) is 2.69. The standard InChI is InChI=1S/C22H29NO4/c1-17(6-7-18-8-10-19(25-2)11-9-18)23-22(24)5-4-16-27-21-14-12-20(26-3)13-15-21/h8-15,17H,4-7,16H2,1-3H3,(H,23,24). The van der Waals surface area contributed by atoms with Crippen molar-refractivity contribution in [1.82, 2.24) is 5.32 Å². The second kappa shape index (κ2) is 11.1. The Hall–Kier alpha value is -2.69. The second-order valence-corrected chi connectivity index (χ2v) is 6.48. The molecule has 0 spiro atoms. The third-order valence-electron chi connectivity index (χ3n) is 4.31. The number of carbonyl (C=O) groups is 1. The van der Waals surface area contributed by atoms with Crippen LogP contribution in [0, 0.1) is 0 Å². The SMILES string of the molecule is COc1ccc(CCC(C)NC(=O)CCCOc2ccc(OC)cc2)cc1. The van der Waals surface area contributed by atoms with Gasteiger partial charge in [-0.3, -0.25) is 4.79 Å². The Labute approximate surface area is 161 Å².